The van der Waals surface area contributed by atoms with Gasteiger partial charge in [0.15, 0.2) is 5.60 Å². The maximum atomic E-state index is 12.8. The Bertz CT molecular complexity index is 911. The molecule has 27 heavy (non-hydrogen) atoms. The number of carbonyl (C=O) groups excluding carboxylic acids is 1. The number of ether oxygens (including phenoxy) is 1. The van der Waals surface area contributed by atoms with Crippen molar-refractivity contribution < 1.29 is 9.53 Å². The van der Waals surface area contributed by atoms with Gasteiger partial charge in [-0.15, -0.1) is 0 Å². The van der Waals surface area contributed by atoms with Gasteiger partial charge in [0.1, 0.15) is 5.75 Å². The van der Waals surface area contributed by atoms with Gasteiger partial charge in [0.25, 0.3) is 5.91 Å². The predicted molar refractivity (Wildman–Crippen MR) is 112 cm³/mol. The Hall–Kier alpha value is -2.43. The van der Waals surface area contributed by atoms with E-state index < -0.39 is 5.60 Å². The second kappa shape index (κ2) is 8.51. The minimum atomic E-state index is -1.04. The molecule has 0 atom stereocenters. The van der Waals surface area contributed by atoms with Crippen molar-refractivity contribution in [3.63, 3.8) is 0 Å². The van der Waals surface area contributed by atoms with Crippen LogP contribution in [0.4, 0.5) is 5.69 Å². The molecule has 3 rings (SSSR count). The summed E-state index contributed by atoms with van der Waals surface area (Å²) >= 11 is 7.50. The first-order valence-electron chi connectivity index (χ1n) is 8.52. The van der Waals surface area contributed by atoms with E-state index in [1.165, 1.54) is 0 Å². The lowest BCUT2D eigenvalue weighted by molar-refractivity contribution is -0.128. The Morgan fingerprint density at radius 2 is 1.56 bits per heavy atom. The zero-order valence-electron chi connectivity index (χ0n) is 15.1. The van der Waals surface area contributed by atoms with Crippen LogP contribution in [0.2, 0.25) is 5.02 Å². The smallest absolute Gasteiger partial charge is 0.268 e. The second-order valence-electron chi connectivity index (χ2n) is 6.43. The Labute approximate surface area is 168 Å². The number of carbonyl (C=O) groups is 1. The van der Waals surface area contributed by atoms with Crippen LogP contribution in [0.25, 0.3) is 0 Å². The lowest BCUT2D eigenvalue weighted by Crippen LogP contribution is -2.42. The van der Waals surface area contributed by atoms with Gasteiger partial charge in [0.05, 0.1) is 5.69 Å². The van der Waals surface area contributed by atoms with Crippen molar-refractivity contribution in [1.82, 2.24) is 0 Å². The summed E-state index contributed by atoms with van der Waals surface area (Å²) < 4.78 is 5.87. The van der Waals surface area contributed by atoms with E-state index in [9.17, 15) is 4.79 Å². The quantitative estimate of drug-likeness (QED) is 0.531. The van der Waals surface area contributed by atoms with E-state index in [4.69, 9.17) is 16.3 Å². The van der Waals surface area contributed by atoms with Gasteiger partial charge in [-0.3, -0.25) is 4.79 Å². The van der Waals surface area contributed by atoms with Crippen LogP contribution in [0.1, 0.15) is 13.8 Å². The van der Waals surface area contributed by atoms with Gasteiger partial charge in [0, 0.05) is 14.8 Å². The number of hydrogen-bond acceptors (Lipinski definition) is 3. The summed E-state index contributed by atoms with van der Waals surface area (Å²) in [5.74, 6) is 0.366. The average molecular weight is 398 g/mol. The largest absolute Gasteiger partial charge is 0.478 e. The maximum Gasteiger partial charge on any atom is 0.268 e. The van der Waals surface area contributed by atoms with Crippen molar-refractivity contribution in [3.8, 4) is 5.75 Å². The first-order valence-corrected chi connectivity index (χ1v) is 9.71. The molecule has 1 amide bonds. The summed E-state index contributed by atoms with van der Waals surface area (Å²) in [6, 6.07) is 24.7. The first-order chi connectivity index (χ1) is 12.9. The van der Waals surface area contributed by atoms with Crippen molar-refractivity contribution in [2.24, 2.45) is 0 Å². The van der Waals surface area contributed by atoms with E-state index in [1.807, 2.05) is 54.6 Å². The fourth-order valence-electron chi connectivity index (χ4n) is 2.39. The number of hydrogen-bond donors (Lipinski definition) is 1. The van der Waals surface area contributed by atoms with Gasteiger partial charge in [0.2, 0.25) is 0 Å². The van der Waals surface area contributed by atoms with Gasteiger partial charge in [-0.2, -0.15) is 0 Å². The van der Waals surface area contributed by atoms with Gasteiger partial charge < -0.3 is 10.1 Å². The van der Waals surface area contributed by atoms with Crippen LogP contribution in [0.3, 0.4) is 0 Å². The van der Waals surface area contributed by atoms with Gasteiger partial charge in [-0.25, -0.2) is 0 Å². The minimum Gasteiger partial charge on any atom is -0.478 e. The highest BCUT2D eigenvalue weighted by Gasteiger charge is 2.30. The molecule has 0 aromatic heterocycles. The summed E-state index contributed by atoms with van der Waals surface area (Å²) in [4.78, 5) is 14.9. The number of benzene rings is 3. The van der Waals surface area contributed by atoms with E-state index in [-0.39, 0.29) is 5.91 Å². The van der Waals surface area contributed by atoms with Crippen LogP contribution in [0.15, 0.2) is 88.7 Å². The molecule has 138 valence electrons. The fraction of sp³-hybridized carbons (Fsp3) is 0.136. The van der Waals surface area contributed by atoms with Crippen molar-refractivity contribution in [2.75, 3.05) is 5.32 Å². The Balaban J connectivity index is 1.74. The van der Waals surface area contributed by atoms with Crippen LogP contribution >= 0.6 is 23.4 Å². The van der Waals surface area contributed by atoms with Crippen LogP contribution in [-0.4, -0.2) is 11.5 Å². The zero-order valence-corrected chi connectivity index (χ0v) is 16.7. The molecule has 0 saturated carbocycles. The molecular weight excluding hydrogens is 378 g/mol. The second-order valence-corrected chi connectivity index (χ2v) is 7.98. The molecule has 0 spiro atoms. The zero-order chi connectivity index (χ0) is 19.3. The number of para-hydroxylation sites is 1. The SMILES string of the molecule is CC(C)(Oc1ccc(Cl)cc1)C(=O)Nc1ccccc1Sc1ccccc1. The molecule has 0 heterocycles. The fourth-order valence-corrected chi connectivity index (χ4v) is 3.44. The van der Waals surface area contributed by atoms with Crippen LogP contribution in [0.5, 0.6) is 5.75 Å². The molecule has 0 radical (unpaired) electrons. The molecule has 5 heteroatoms. The first kappa shape index (κ1) is 19.3. The Morgan fingerprint density at radius 3 is 2.26 bits per heavy atom. The summed E-state index contributed by atoms with van der Waals surface area (Å²) in [5.41, 5.74) is -0.289. The molecule has 0 saturated heterocycles. The highest BCUT2D eigenvalue weighted by Crippen LogP contribution is 2.33. The molecule has 3 nitrogen and oxygen atoms in total. The summed E-state index contributed by atoms with van der Waals surface area (Å²) in [7, 11) is 0. The maximum absolute atomic E-state index is 12.8. The minimum absolute atomic E-state index is 0.224. The van der Waals surface area contributed by atoms with Crippen molar-refractivity contribution in [3.05, 3.63) is 83.9 Å². The van der Waals surface area contributed by atoms with Crippen LogP contribution in [0, 0.1) is 0 Å². The van der Waals surface area contributed by atoms with Crippen molar-refractivity contribution in [2.45, 2.75) is 29.2 Å². The standard InChI is InChI=1S/C22H20ClNO2S/c1-22(2,26-17-14-12-16(23)13-15-17)21(25)24-19-10-6-7-11-20(19)27-18-8-4-3-5-9-18/h3-15H,1-2H3,(H,24,25). The average Bonchev–Trinajstić information content (AvgIpc) is 2.66. The van der Waals surface area contributed by atoms with Gasteiger partial charge in [-0.1, -0.05) is 53.7 Å². The van der Waals surface area contributed by atoms with E-state index in [1.54, 1.807) is 49.9 Å². The monoisotopic (exact) mass is 397 g/mol. The van der Waals surface area contributed by atoms with E-state index in [0.717, 1.165) is 15.5 Å². The van der Waals surface area contributed by atoms with Gasteiger partial charge >= 0.3 is 0 Å². The summed E-state index contributed by atoms with van der Waals surface area (Å²) in [6.45, 7) is 3.48. The normalized spacial score (nSPS) is 11.1. The summed E-state index contributed by atoms with van der Waals surface area (Å²) in [5, 5.41) is 3.61. The summed E-state index contributed by atoms with van der Waals surface area (Å²) in [6.07, 6.45) is 0. The lowest BCUT2D eigenvalue weighted by atomic mass is 10.1. The Morgan fingerprint density at radius 1 is 0.926 bits per heavy atom. The van der Waals surface area contributed by atoms with E-state index in [0.29, 0.717) is 10.8 Å². The number of anilines is 1. The van der Waals surface area contributed by atoms with Crippen molar-refractivity contribution in [1.29, 1.82) is 0 Å². The topological polar surface area (TPSA) is 38.3 Å². The third kappa shape index (κ3) is 5.28. The molecule has 3 aromatic carbocycles. The molecule has 0 fully saturated rings. The number of rotatable bonds is 6. The molecule has 3 aromatic rings. The highest BCUT2D eigenvalue weighted by molar-refractivity contribution is 7.99. The predicted octanol–water partition coefficient (Wildman–Crippen LogP) is 6.29. The molecule has 0 aliphatic heterocycles. The molecule has 0 unspecified atom stereocenters. The van der Waals surface area contributed by atoms with E-state index >= 15 is 0 Å². The molecule has 0 aliphatic carbocycles. The highest BCUT2D eigenvalue weighted by atomic mass is 35.5. The van der Waals surface area contributed by atoms with Crippen LogP contribution < -0.4 is 10.1 Å². The van der Waals surface area contributed by atoms with Crippen LogP contribution in [-0.2, 0) is 4.79 Å². The van der Waals surface area contributed by atoms with Crippen molar-refractivity contribution >= 4 is 35.0 Å². The molecule has 1 N–H and O–H groups in total. The number of nitrogens with one attached hydrogen (secondary N) is 1. The lowest BCUT2D eigenvalue weighted by Gasteiger charge is -2.26. The third-order valence-electron chi connectivity index (χ3n) is 3.84. The molecular formula is C22H20ClNO2S. The third-order valence-corrected chi connectivity index (χ3v) is 5.18. The Kier molecular flexibility index (Phi) is 6.09. The van der Waals surface area contributed by atoms with Gasteiger partial charge in [-0.05, 0) is 62.4 Å². The number of amides is 1. The molecule has 0 aliphatic rings. The number of halogens is 1. The molecule has 0 bridgehead atoms. The van der Waals surface area contributed by atoms with E-state index in [2.05, 4.69) is 5.32 Å².